The van der Waals surface area contributed by atoms with E-state index in [0.29, 0.717) is 24.5 Å². The van der Waals surface area contributed by atoms with E-state index in [2.05, 4.69) is 11.4 Å². The van der Waals surface area contributed by atoms with Gasteiger partial charge in [0.15, 0.2) is 0 Å². The van der Waals surface area contributed by atoms with Gasteiger partial charge < -0.3 is 10.2 Å². The van der Waals surface area contributed by atoms with E-state index < -0.39 is 5.92 Å². The predicted molar refractivity (Wildman–Crippen MR) is 99.7 cm³/mol. The highest BCUT2D eigenvalue weighted by atomic mass is 35.5. The Labute approximate surface area is 152 Å². The van der Waals surface area contributed by atoms with Gasteiger partial charge in [0.05, 0.1) is 0 Å². The van der Waals surface area contributed by atoms with E-state index in [4.69, 9.17) is 11.6 Å². The number of aryl methyl sites for hydroxylation is 2. The van der Waals surface area contributed by atoms with E-state index in [9.17, 15) is 9.59 Å². The van der Waals surface area contributed by atoms with Crippen LogP contribution in [0.3, 0.4) is 0 Å². The van der Waals surface area contributed by atoms with Crippen molar-refractivity contribution < 1.29 is 9.59 Å². The van der Waals surface area contributed by atoms with Gasteiger partial charge in [0, 0.05) is 23.8 Å². The zero-order chi connectivity index (χ0) is 18.0. The number of halogens is 1. The lowest BCUT2D eigenvalue weighted by atomic mass is 10.0. The zero-order valence-electron chi connectivity index (χ0n) is 14.4. The second kappa shape index (κ2) is 7.28. The number of anilines is 1. The molecule has 130 valence electrons. The van der Waals surface area contributed by atoms with E-state index in [1.807, 2.05) is 26.0 Å². The van der Waals surface area contributed by atoms with Crippen LogP contribution in [0.5, 0.6) is 0 Å². The van der Waals surface area contributed by atoms with Crippen LogP contribution in [0, 0.1) is 19.8 Å². The molecule has 3 rings (SSSR count). The summed E-state index contributed by atoms with van der Waals surface area (Å²) < 4.78 is 0. The highest BCUT2D eigenvalue weighted by molar-refractivity contribution is 6.30. The van der Waals surface area contributed by atoms with Crippen LogP contribution in [0.25, 0.3) is 0 Å². The number of nitrogens with one attached hydrogen (secondary N) is 1. The van der Waals surface area contributed by atoms with Gasteiger partial charge in [-0.3, -0.25) is 9.59 Å². The van der Waals surface area contributed by atoms with Crippen LogP contribution >= 0.6 is 11.6 Å². The Bertz CT molecular complexity index is 802. The number of hydrogen-bond acceptors (Lipinski definition) is 2. The first-order chi connectivity index (χ1) is 12.0. The van der Waals surface area contributed by atoms with Gasteiger partial charge in [0.25, 0.3) is 0 Å². The molecule has 0 radical (unpaired) electrons. The molecule has 0 aliphatic carbocycles. The van der Waals surface area contributed by atoms with Crippen LogP contribution in [-0.2, 0) is 16.1 Å². The lowest BCUT2D eigenvalue weighted by Crippen LogP contribution is -2.36. The first-order valence-corrected chi connectivity index (χ1v) is 8.74. The topological polar surface area (TPSA) is 49.4 Å². The van der Waals surface area contributed by atoms with Crippen LogP contribution in [0.4, 0.5) is 5.69 Å². The maximum atomic E-state index is 12.6. The molecule has 0 aromatic heterocycles. The SMILES string of the molecule is Cc1ccc(C)c(CNC(=O)[C@@H]2CCN(c3ccc(Cl)cc3)C2=O)c1. The first-order valence-electron chi connectivity index (χ1n) is 8.36. The quantitative estimate of drug-likeness (QED) is 0.850. The molecule has 0 bridgehead atoms. The van der Waals surface area contributed by atoms with Gasteiger partial charge in [0.1, 0.15) is 5.92 Å². The molecule has 0 unspecified atom stereocenters. The van der Waals surface area contributed by atoms with Crippen molar-refractivity contribution >= 4 is 29.1 Å². The second-order valence-electron chi connectivity index (χ2n) is 6.46. The Hall–Kier alpha value is -2.33. The fourth-order valence-corrected chi connectivity index (χ4v) is 3.22. The molecular formula is C20H21ClN2O2. The minimum Gasteiger partial charge on any atom is -0.351 e. The Balaban J connectivity index is 1.64. The van der Waals surface area contributed by atoms with Gasteiger partial charge >= 0.3 is 0 Å². The minimum atomic E-state index is -0.624. The number of amides is 2. The van der Waals surface area contributed by atoms with E-state index in [1.165, 1.54) is 0 Å². The fourth-order valence-electron chi connectivity index (χ4n) is 3.10. The molecule has 1 fully saturated rings. The number of carbonyl (C=O) groups is 2. The van der Waals surface area contributed by atoms with Crippen LogP contribution in [0.2, 0.25) is 5.02 Å². The molecule has 1 heterocycles. The van der Waals surface area contributed by atoms with Crippen molar-refractivity contribution in [1.29, 1.82) is 0 Å². The smallest absolute Gasteiger partial charge is 0.239 e. The van der Waals surface area contributed by atoms with Crippen LogP contribution in [-0.4, -0.2) is 18.4 Å². The summed E-state index contributed by atoms with van der Waals surface area (Å²) in [6, 6.07) is 13.3. The maximum Gasteiger partial charge on any atom is 0.239 e. The van der Waals surface area contributed by atoms with Crippen LogP contribution in [0.1, 0.15) is 23.1 Å². The molecule has 4 nitrogen and oxygen atoms in total. The van der Waals surface area contributed by atoms with Gasteiger partial charge in [-0.2, -0.15) is 0 Å². The normalized spacial score (nSPS) is 17.0. The summed E-state index contributed by atoms with van der Waals surface area (Å²) in [6.07, 6.45) is 0.528. The Kier molecular flexibility index (Phi) is 5.09. The summed E-state index contributed by atoms with van der Waals surface area (Å²) in [5.41, 5.74) is 4.14. The number of nitrogens with zero attached hydrogens (tertiary/aromatic N) is 1. The standard InChI is InChI=1S/C20H21ClN2O2/c1-13-3-4-14(2)15(11-13)12-22-19(24)18-9-10-23(20(18)25)17-7-5-16(21)6-8-17/h3-8,11,18H,9-10,12H2,1-2H3,(H,22,24)/t18-/m0/s1. The number of rotatable bonds is 4. The lowest BCUT2D eigenvalue weighted by molar-refractivity contribution is -0.132. The summed E-state index contributed by atoms with van der Waals surface area (Å²) >= 11 is 5.89. The summed E-state index contributed by atoms with van der Waals surface area (Å²) in [5.74, 6) is -0.982. The van der Waals surface area contributed by atoms with Gasteiger partial charge in [0.2, 0.25) is 11.8 Å². The van der Waals surface area contributed by atoms with Crippen molar-refractivity contribution in [2.75, 3.05) is 11.4 Å². The molecule has 1 aliphatic rings. The summed E-state index contributed by atoms with van der Waals surface area (Å²) in [4.78, 5) is 26.7. The fraction of sp³-hybridized carbons (Fsp3) is 0.300. The largest absolute Gasteiger partial charge is 0.351 e. The lowest BCUT2D eigenvalue weighted by Gasteiger charge is -2.17. The van der Waals surface area contributed by atoms with Crippen molar-refractivity contribution in [3.63, 3.8) is 0 Å². The Morgan fingerprint density at radius 1 is 1.20 bits per heavy atom. The molecule has 1 atom stereocenters. The molecular weight excluding hydrogens is 336 g/mol. The molecule has 1 N–H and O–H groups in total. The highest BCUT2D eigenvalue weighted by Gasteiger charge is 2.37. The molecule has 2 aromatic rings. The molecule has 2 amide bonds. The van der Waals surface area contributed by atoms with Gasteiger partial charge in [-0.05, 0) is 55.7 Å². The molecule has 5 heteroatoms. The summed E-state index contributed by atoms with van der Waals surface area (Å²) in [5, 5.41) is 3.54. The van der Waals surface area contributed by atoms with E-state index in [1.54, 1.807) is 29.2 Å². The van der Waals surface area contributed by atoms with Gasteiger partial charge in [-0.15, -0.1) is 0 Å². The third kappa shape index (κ3) is 3.85. The zero-order valence-corrected chi connectivity index (χ0v) is 15.1. The second-order valence-corrected chi connectivity index (χ2v) is 6.89. The number of carbonyl (C=O) groups excluding carboxylic acids is 2. The maximum absolute atomic E-state index is 12.6. The van der Waals surface area contributed by atoms with Gasteiger partial charge in [-0.1, -0.05) is 35.4 Å². The van der Waals surface area contributed by atoms with Crippen molar-refractivity contribution in [1.82, 2.24) is 5.32 Å². The van der Waals surface area contributed by atoms with Crippen LogP contribution < -0.4 is 10.2 Å². The van der Waals surface area contributed by atoms with Gasteiger partial charge in [-0.25, -0.2) is 0 Å². The summed E-state index contributed by atoms with van der Waals surface area (Å²) in [7, 11) is 0. The number of benzene rings is 2. The molecule has 0 saturated carbocycles. The molecule has 0 spiro atoms. The minimum absolute atomic E-state index is 0.152. The van der Waals surface area contributed by atoms with Crippen LogP contribution in [0.15, 0.2) is 42.5 Å². The molecule has 1 saturated heterocycles. The predicted octanol–water partition coefficient (Wildman–Crippen LogP) is 3.63. The third-order valence-corrected chi connectivity index (χ3v) is 4.87. The molecule has 25 heavy (non-hydrogen) atoms. The highest BCUT2D eigenvalue weighted by Crippen LogP contribution is 2.26. The third-order valence-electron chi connectivity index (χ3n) is 4.62. The van der Waals surface area contributed by atoms with E-state index >= 15 is 0 Å². The summed E-state index contributed by atoms with van der Waals surface area (Å²) in [6.45, 7) is 5.03. The average molecular weight is 357 g/mol. The first kappa shape index (κ1) is 17.5. The van der Waals surface area contributed by atoms with Crippen molar-refractivity contribution in [2.45, 2.75) is 26.8 Å². The Morgan fingerprint density at radius 3 is 2.64 bits per heavy atom. The van der Waals surface area contributed by atoms with Crippen molar-refractivity contribution in [3.8, 4) is 0 Å². The monoisotopic (exact) mass is 356 g/mol. The number of hydrogen-bond donors (Lipinski definition) is 1. The van der Waals surface area contributed by atoms with Crippen molar-refractivity contribution in [2.24, 2.45) is 5.92 Å². The molecule has 1 aliphatic heterocycles. The average Bonchev–Trinajstić information content (AvgIpc) is 2.98. The Morgan fingerprint density at radius 2 is 1.92 bits per heavy atom. The van der Waals surface area contributed by atoms with E-state index in [0.717, 1.165) is 22.4 Å². The van der Waals surface area contributed by atoms with E-state index in [-0.39, 0.29) is 11.8 Å². The van der Waals surface area contributed by atoms with Crippen molar-refractivity contribution in [3.05, 3.63) is 64.2 Å². The molecule has 2 aromatic carbocycles.